The van der Waals surface area contributed by atoms with E-state index in [0.29, 0.717) is 5.41 Å². The summed E-state index contributed by atoms with van der Waals surface area (Å²) in [6.07, 6.45) is 10.4. The van der Waals surface area contributed by atoms with Crippen molar-refractivity contribution in [3.8, 4) is 5.00 Å². The van der Waals surface area contributed by atoms with Crippen molar-refractivity contribution in [2.45, 2.75) is 51.5 Å². The Bertz CT molecular complexity index is 1040. The van der Waals surface area contributed by atoms with E-state index >= 15 is 0 Å². The molecule has 29 heavy (non-hydrogen) atoms. The lowest BCUT2D eigenvalue weighted by atomic mass is 9.48. The van der Waals surface area contributed by atoms with E-state index < -0.39 is 0 Å². The highest BCUT2D eigenvalue weighted by molar-refractivity contribution is 7.16. The standard InChI is InChI=1S/C25H28N2OS/c1-16(25-13-17-10-18(14-25)12-19(11-17)15-25)26-24(28)22-6-7-23(29-22)27-9-8-20-4-2-3-5-21(20)27/h2-9,16-19H,10-15H2,1H3,(H,26,28). The van der Waals surface area contributed by atoms with Crippen molar-refractivity contribution in [1.82, 2.24) is 9.88 Å². The Morgan fingerprint density at radius 1 is 1.03 bits per heavy atom. The van der Waals surface area contributed by atoms with Crippen molar-refractivity contribution >= 4 is 28.1 Å². The smallest absolute Gasteiger partial charge is 0.261 e. The molecule has 0 aliphatic heterocycles. The number of thiophene rings is 1. The summed E-state index contributed by atoms with van der Waals surface area (Å²) in [5.74, 6) is 2.84. The first-order valence-electron chi connectivity index (χ1n) is 11.1. The van der Waals surface area contributed by atoms with Crippen LogP contribution in [0.3, 0.4) is 0 Å². The van der Waals surface area contributed by atoms with Gasteiger partial charge in [-0.25, -0.2) is 0 Å². The molecule has 1 N–H and O–H groups in total. The maximum absolute atomic E-state index is 13.1. The highest BCUT2D eigenvalue weighted by atomic mass is 32.1. The number of rotatable bonds is 4. The Morgan fingerprint density at radius 2 is 1.72 bits per heavy atom. The van der Waals surface area contributed by atoms with Crippen molar-refractivity contribution in [3.63, 3.8) is 0 Å². The Balaban J connectivity index is 1.21. The van der Waals surface area contributed by atoms with E-state index in [2.05, 4.69) is 59.4 Å². The van der Waals surface area contributed by atoms with Crippen molar-refractivity contribution < 1.29 is 4.79 Å². The van der Waals surface area contributed by atoms with Crippen LogP contribution in [0, 0.1) is 23.2 Å². The van der Waals surface area contributed by atoms with Gasteiger partial charge in [0, 0.05) is 12.2 Å². The van der Waals surface area contributed by atoms with E-state index in [4.69, 9.17) is 0 Å². The number of fused-ring (bicyclic) bond motifs is 1. The highest BCUT2D eigenvalue weighted by Gasteiger charge is 2.53. The fourth-order valence-electron chi connectivity index (χ4n) is 6.98. The largest absolute Gasteiger partial charge is 0.348 e. The fraction of sp³-hybridized carbons (Fsp3) is 0.480. The average Bonchev–Trinajstić information content (AvgIpc) is 3.34. The van der Waals surface area contributed by atoms with Crippen molar-refractivity contribution in [2.24, 2.45) is 23.2 Å². The molecule has 2 heterocycles. The quantitative estimate of drug-likeness (QED) is 0.566. The van der Waals surface area contributed by atoms with Crippen LogP contribution < -0.4 is 5.32 Å². The summed E-state index contributed by atoms with van der Waals surface area (Å²) in [6.45, 7) is 2.26. The van der Waals surface area contributed by atoms with Gasteiger partial charge in [-0.2, -0.15) is 0 Å². The van der Waals surface area contributed by atoms with Gasteiger partial charge in [-0.1, -0.05) is 18.2 Å². The number of carbonyl (C=O) groups excluding carboxylic acids is 1. The molecule has 1 amide bonds. The number of para-hydroxylation sites is 1. The summed E-state index contributed by atoms with van der Waals surface area (Å²) >= 11 is 1.58. The minimum Gasteiger partial charge on any atom is -0.348 e. The fourth-order valence-corrected chi connectivity index (χ4v) is 7.89. The van der Waals surface area contributed by atoms with Crippen LogP contribution >= 0.6 is 11.3 Å². The first kappa shape index (κ1) is 17.8. The molecule has 4 aliphatic rings. The lowest BCUT2D eigenvalue weighted by Gasteiger charge is -2.59. The minimum absolute atomic E-state index is 0.0981. The molecule has 0 radical (unpaired) electrons. The van der Waals surface area contributed by atoms with Gasteiger partial charge in [-0.05, 0) is 98.3 Å². The van der Waals surface area contributed by atoms with Gasteiger partial charge in [0.1, 0.15) is 5.00 Å². The van der Waals surface area contributed by atoms with Crippen LogP contribution in [0.5, 0.6) is 0 Å². The molecule has 4 fully saturated rings. The summed E-state index contributed by atoms with van der Waals surface area (Å²) < 4.78 is 2.18. The molecule has 7 rings (SSSR count). The highest BCUT2D eigenvalue weighted by Crippen LogP contribution is 2.61. The Labute approximate surface area is 176 Å². The molecule has 1 atom stereocenters. The zero-order valence-corrected chi connectivity index (χ0v) is 17.8. The van der Waals surface area contributed by atoms with Crippen LogP contribution in [0.4, 0.5) is 0 Å². The summed E-state index contributed by atoms with van der Waals surface area (Å²) in [4.78, 5) is 13.9. The van der Waals surface area contributed by atoms with Crippen LogP contribution in [-0.2, 0) is 0 Å². The molecule has 3 nitrogen and oxygen atoms in total. The molecule has 150 valence electrons. The first-order valence-corrected chi connectivity index (χ1v) is 11.9. The zero-order valence-electron chi connectivity index (χ0n) is 16.9. The van der Waals surface area contributed by atoms with Gasteiger partial charge in [0.05, 0.1) is 10.4 Å². The summed E-state index contributed by atoms with van der Waals surface area (Å²) in [5.41, 5.74) is 1.53. The SMILES string of the molecule is CC(NC(=O)c1ccc(-n2ccc3ccccc32)s1)C12CC3CC(CC(C3)C1)C2. The molecule has 4 bridgehead atoms. The van der Waals surface area contributed by atoms with Crippen molar-refractivity contribution in [3.05, 3.63) is 53.5 Å². The number of hydrogen-bond donors (Lipinski definition) is 1. The van der Waals surface area contributed by atoms with E-state index in [1.807, 2.05) is 6.07 Å². The number of aromatic nitrogens is 1. The lowest BCUT2D eigenvalue weighted by molar-refractivity contribution is -0.0687. The van der Waals surface area contributed by atoms with Crippen LogP contribution in [0.25, 0.3) is 15.9 Å². The van der Waals surface area contributed by atoms with Gasteiger partial charge >= 0.3 is 0 Å². The number of nitrogens with zero attached hydrogens (tertiary/aromatic N) is 1. The third-order valence-corrected chi connectivity index (χ3v) is 9.09. The second-order valence-corrected chi connectivity index (χ2v) is 10.9. The first-order chi connectivity index (χ1) is 14.1. The minimum atomic E-state index is 0.0981. The third-order valence-electron chi connectivity index (χ3n) is 8.00. The molecule has 4 saturated carbocycles. The van der Waals surface area contributed by atoms with Crippen LogP contribution in [0.15, 0.2) is 48.7 Å². The summed E-state index contributed by atoms with van der Waals surface area (Å²) in [6, 6.07) is 14.8. The topological polar surface area (TPSA) is 34.0 Å². The molecule has 3 aromatic rings. The predicted octanol–water partition coefficient (Wildman–Crippen LogP) is 6.03. The van der Waals surface area contributed by atoms with Gasteiger partial charge < -0.3 is 9.88 Å². The van der Waals surface area contributed by atoms with E-state index in [-0.39, 0.29) is 11.9 Å². The maximum Gasteiger partial charge on any atom is 0.261 e. The Morgan fingerprint density at radius 3 is 2.45 bits per heavy atom. The van der Waals surface area contributed by atoms with Crippen LogP contribution in [-0.4, -0.2) is 16.5 Å². The van der Waals surface area contributed by atoms with Gasteiger partial charge in [0.2, 0.25) is 0 Å². The Hall–Kier alpha value is -2.07. The monoisotopic (exact) mass is 404 g/mol. The number of carbonyl (C=O) groups is 1. The molecule has 0 saturated heterocycles. The zero-order chi connectivity index (χ0) is 19.6. The second kappa shape index (κ2) is 6.46. The normalized spacial score (nSPS) is 31.3. The van der Waals surface area contributed by atoms with E-state index in [0.717, 1.165) is 27.6 Å². The van der Waals surface area contributed by atoms with E-state index in [1.54, 1.807) is 11.3 Å². The molecular formula is C25H28N2OS. The average molecular weight is 405 g/mol. The number of nitrogens with one attached hydrogen (secondary N) is 1. The third kappa shape index (κ3) is 2.87. The van der Waals surface area contributed by atoms with Crippen LogP contribution in [0.2, 0.25) is 0 Å². The van der Waals surface area contributed by atoms with E-state index in [9.17, 15) is 4.79 Å². The van der Waals surface area contributed by atoms with E-state index in [1.165, 1.54) is 49.4 Å². The molecule has 4 heteroatoms. The van der Waals surface area contributed by atoms with Crippen molar-refractivity contribution in [2.75, 3.05) is 0 Å². The van der Waals surface area contributed by atoms with Gasteiger partial charge in [-0.3, -0.25) is 4.79 Å². The molecular weight excluding hydrogens is 376 g/mol. The van der Waals surface area contributed by atoms with Gasteiger partial charge in [0.15, 0.2) is 0 Å². The Kier molecular flexibility index (Phi) is 3.96. The molecule has 1 aromatic carbocycles. The van der Waals surface area contributed by atoms with Crippen LogP contribution in [0.1, 0.15) is 55.1 Å². The summed E-state index contributed by atoms with van der Waals surface area (Å²) in [7, 11) is 0. The molecule has 0 spiro atoms. The van der Waals surface area contributed by atoms with Crippen molar-refractivity contribution in [1.29, 1.82) is 0 Å². The van der Waals surface area contributed by atoms with Gasteiger partial charge in [-0.15, -0.1) is 11.3 Å². The predicted molar refractivity (Wildman–Crippen MR) is 119 cm³/mol. The molecule has 1 unspecified atom stereocenters. The lowest BCUT2D eigenvalue weighted by Crippen LogP contribution is -2.55. The second-order valence-electron chi connectivity index (χ2n) is 9.86. The van der Waals surface area contributed by atoms with Gasteiger partial charge in [0.25, 0.3) is 5.91 Å². The molecule has 4 aliphatic carbocycles. The number of amides is 1. The number of benzene rings is 1. The number of hydrogen-bond acceptors (Lipinski definition) is 2. The maximum atomic E-state index is 13.1. The summed E-state index contributed by atoms with van der Waals surface area (Å²) in [5, 5.41) is 5.73. The molecule has 2 aromatic heterocycles.